The highest BCUT2D eigenvalue weighted by molar-refractivity contribution is 7.07. The van der Waals surface area contributed by atoms with E-state index in [2.05, 4.69) is 19.8 Å². The van der Waals surface area contributed by atoms with Crippen LogP contribution in [0.4, 0.5) is 10.2 Å². The Morgan fingerprint density at radius 3 is 2.83 bits per heavy atom. The summed E-state index contributed by atoms with van der Waals surface area (Å²) in [6.45, 7) is 0. The summed E-state index contributed by atoms with van der Waals surface area (Å²) < 4.78 is 19.4. The Morgan fingerprint density at radius 1 is 1.30 bits per heavy atom. The lowest BCUT2D eigenvalue weighted by atomic mass is 9.94. The van der Waals surface area contributed by atoms with E-state index in [0.29, 0.717) is 29.4 Å². The van der Waals surface area contributed by atoms with Crippen LogP contribution in [0, 0.1) is 5.82 Å². The van der Waals surface area contributed by atoms with Crippen LogP contribution in [0.1, 0.15) is 18.4 Å². The molecule has 0 saturated heterocycles. The van der Waals surface area contributed by atoms with Crippen molar-refractivity contribution >= 4 is 23.3 Å². The molecule has 0 atom stereocenters. The number of carbonyl (C=O) groups is 1. The quantitative estimate of drug-likeness (QED) is 0.798. The average Bonchev–Trinajstić information content (AvgIpc) is 2.97. The number of halogens is 1. The van der Waals surface area contributed by atoms with Gasteiger partial charge in [-0.3, -0.25) is 4.79 Å². The molecule has 116 valence electrons. The highest BCUT2D eigenvalue weighted by atomic mass is 32.1. The van der Waals surface area contributed by atoms with Crippen LogP contribution >= 0.6 is 11.5 Å². The fourth-order valence-electron chi connectivity index (χ4n) is 2.59. The zero-order chi connectivity index (χ0) is 15.9. The number of anilines is 1. The van der Waals surface area contributed by atoms with E-state index in [1.165, 1.54) is 28.6 Å². The van der Waals surface area contributed by atoms with Crippen molar-refractivity contribution < 1.29 is 9.18 Å². The predicted molar refractivity (Wildman–Crippen MR) is 83.0 cm³/mol. The molecule has 2 heterocycles. The lowest BCUT2D eigenvalue weighted by molar-refractivity contribution is -0.118. The third kappa shape index (κ3) is 2.40. The summed E-state index contributed by atoms with van der Waals surface area (Å²) in [6, 6.07) is 8.10. The summed E-state index contributed by atoms with van der Waals surface area (Å²) >= 11 is 1.20. The minimum atomic E-state index is -0.780. The Kier molecular flexibility index (Phi) is 3.19. The largest absolute Gasteiger partial charge is 0.308 e. The van der Waals surface area contributed by atoms with Gasteiger partial charge in [0, 0.05) is 29.4 Å². The molecular formula is C15H12FN5OS. The first-order chi connectivity index (χ1) is 11.2. The van der Waals surface area contributed by atoms with Crippen molar-refractivity contribution in [2.75, 3.05) is 5.32 Å². The number of nitrogens with one attached hydrogen (secondary N) is 1. The molecule has 1 N–H and O–H groups in total. The number of hydrogen-bond acceptors (Lipinski definition) is 5. The molecule has 1 amide bonds. The third-order valence-electron chi connectivity index (χ3n) is 3.95. The SMILES string of the molecule is O=C(Nc1ccn(-c2ncns2)n1)C1(c2ccccc2F)CC1. The van der Waals surface area contributed by atoms with Crippen LogP contribution in [0.15, 0.2) is 42.9 Å². The molecule has 0 bridgehead atoms. The maximum atomic E-state index is 14.0. The summed E-state index contributed by atoms with van der Waals surface area (Å²) in [7, 11) is 0. The molecule has 0 radical (unpaired) electrons. The van der Waals surface area contributed by atoms with Crippen molar-refractivity contribution in [3.05, 3.63) is 54.2 Å². The second-order valence-electron chi connectivity index (χ2n) is 5.39. The smallest absolute Gasteiger partial charge is 0.236 e. The monoisotopic (exact) mass is 329 g/mol. The maximum absolute atomic E-state index is 14.0. The molecule has 0 spiro atoms. The number of hydrogen-bond donors (Lipinski definition) is 1. The molecule has 0 unspecified atom stereocenters. The van der Waals surface area contributed by atoms with Crippen LogP contribution in [0.25, 0.3) is 5.13 Å². The summed E-state index contributed by atoms with van der Waals surface area (Å²) in [4.78, 5) is 16.6. The first-order valence-corrected chi connectivity index (χ1v) is 7.86. The second kappa shape index (κ2) is 5.24. The van der Waals surface area contributed by atoms with E-state index < -0.39 is 5.41 Å². The molecule has 1 aliphatic carbocycles. The van der Waals surface area contributed by atoms with Gasteiger partial charge >= 0.3 is 0 Å². The Balaban J connectivity index is 1.56. The van der Waals surface area contributed by atoms with Gasteiger partial charge in [0.2, 0.25) is 11.0 Å². The van der Waals surface area contributed by atoms with Gasteiger partial charge in [-0.2, -0.15) is 4.37 Å². The molecule has 4 rings (SSSR count). The zero-order valence-electron chi connectivity index (χ0n) is 11.9. The fourth-order valence-corrected chi connectivity index (χ4v) is 3.06. The minimum absolute atomic E-state index is 0.231. The lowest BCUT2D eigenvalue weighted by Crippen LogP contribution is -2.29. The van der Waals surface area contributed by atoms with E-state index in [9.17, 15) is 9.18 Å². The van der Waals surface area contributed by atoms with Gasteiger partial charge in [-0.1, -0.05) is 18.2 Å². The molecule has 1 fully saturated rings. The van der Waals surface area contributed by atoms with Gasteiger partial charge in [0.25, 0.3) is 0 Å². The number of rotatable bonds is 4. The summed E-state index contributed by atoms with van der Waals surface area (Å²) in [5.41, 5.74) is -0.334. The second-order valence-corrected chi connectivity index (χ2v) is 6.14. The van der Waals surface area contributed by atoms with E-state index in [-0.39, 0.29) is 11.7 Å². The van der Waals surface area contributed by atoms with Crippen LogP contribution in [-0.4, -0.2) is 25.0 Å². The molecule has 2 aromatic heterocycles. The normalized spacial score (nSPS) is 15.3. The Hall–Kier alpha value is -2.61. The van der Waals surface area contributed by atoms with Gasteiger partial charge in [-0.05, 0) is 18.9 Å². The van der Waals surface area contributed by atoms with Crippen LogP contribution in [0.3, 0.4) is 0 Å². The number of benzene rings is 1. The predicted octanol–water partition coefficient (Wildman–Crippen LogP) is 2.53. The summed E-state index contributed by atoms with van der Waals surface area (Å²) in [5.74, 6) is -0.169. The van der Waals surface area contributed by atoms with Crippen LogP contribution in [-0.2, 0) is 10.2 Å². The van der Waals surface area contributed by atoms with Gasteiger partial charge in [0.1, 0.15) is 12.1 Å². The highest BCUT2D eigenvalue weighted by Crippen LogP contribution is 2.49. The summed E-state index contributed by atoms with van der Waals surface area (Å²) in [6.07, 6.45) is 4.41. The van der Waals surface area contributed by atoms with E-state index >= 15 is 0 Å². The van der Waals surface area contributed by atoms with E-state index in [1.54, 1.807) is 30.5 Å². The maximum Gasteiger partial charge on any atom is 0.236 e. The van der Waals surface area contributed by atoms with Gasteiger partial charge < -0.3 is 5.32 Å². The first-order valence-electron chi connectivity index (χ1n) is 7.08. The van der Waals surface area contributed by atoms with Crippen molar-refractivity contribution in [3.63, 3.8) is 0 Å². The topological polar surface area (TPSA) is 72.7 Å². The molecule has 6 nitrogen and oxygen atoms in total. The molecule has 1 aromatic carbocycles. The van der Waals surface area contributed by atoms with E-state index in [4.69, 9.17) is 0 Å². The van der Waals surface area contributed by atoms with Crippen molar-refractivity contribution in [1.29, 1.82) is 0 Å². The Morgan fingerprint density at radius 2 is 2.13 bits per heavy atom. The zero-order valence-corrected chi connectivity index (χ0v) is 12.8. The molecule has 1 aliphatic rings. The number of nitrogens with zero attached hydrogens (tertiary/aromatic N) is 4. The Labute approximate surface area is 135 Å². The molecular weight excluding hydrogens is 317 g/mol. The van der Waals surface area contributed by atoms with Gasteiger partial charge in [-0.25, -0.2) is 14.1 Å². The molecule has 1 saturated carbocycles. The van der Waals surface area contributed by atoms with Crippen LogP contribution in [0.2, 0.25) is 0 Å². The van der Waals surface area contributed by atoms with Gasteiger partial charge in [0.05, 0.1) is 5.41 Å². The average molecular weight is 329 g/mol. The van der Waals surface area contributed by atoms with Crippen molar-refractivity contribution in [2.45, 2.75) is 18.3 Å². The van der Waals surface area contributed by atoms with Crippen molar-refractivity contribution in [3.8, 4) is 5.13 Å². The molecule has 3 aromatic rings. The number of aromatic nitrogens is 4. The van der Waals surface area contributed by atoms with Crippen molar-refractivity contribution in [2.24, 2.45) is 0 Å². The third-order valence-corrected chi connectivity index (χ3v) is 4.61. The summed E-state index contributed by atoms with van der Waals surface area (Å²) in [5, 5.41) is 7.63. The van der Waals surface area contributed by atoms with Crippen LogP contribution in [0.5, 0.6) is 0 Å². The number of carbonyl (C=O) groups excluding carboxylic acids is 1. The Bertz CT molecular complexity index is 856. The minimum Gasteiger partial charge on any atom is -0.308 e. The molecule has 8 heteroatoms. The molecule has 0 aliphatic heterocycles. The van der Waals surface area contributed by atoms with Gasteiger partial charge in [0.15, 0.2) is 5.82 Å². The van der Waals surface area contributed by atoms with E-state index in [0.717, 1.165) is 0 Å². The van der Waals surface area contributed by atoms with Crippen molar-refractivity contribution in [1.82, 2.24) is 19.1 Å². The van der Waals surface area contributed by atoms with Gasteiger partial charge in [-0.15, -0.1) is 5.10 Å². The number of amides is 1. The highest BCUT2D eigenvalue weighted by Gasteiger charge is 2.52. The molecule has 23 heavy (non-hydrogen) atoms. The van der Waals surface area contributed by atoms with E-state index in [1.807, 2.05) is 0 Å². The van der Waals surface area contributed by atoms with Crippen LogP contribution < -0.4 is 5.32 Å². The fraction of sp³-hybridized carbons (Fsp3) is 0.200. The standard InChI is InChI=1S/C15H12FN5OS/c16-11-4-2-1-3-10(11)15(6-7-15)13(22)19-12-5-8-21(20-12)14-17-9-18-23-14/h1-5,8-9H,6-7H2,(H,19,20,22). The first kappa shape index (κ1) is 14.0. The lowest BCUT2D eigenvalue weighted by Gasteiger charge is -2.15.